The van der Waals surface area contributed by atoms with Gasteiger partial charge in [-0.05, 0) is 31.4 Å². The average Bonchev–Trinajstić information content (AvgIpc) is 3.09. The summed E-state index contributed by atoms with van der Waals surface area (Å²) in [5.41, 5.74) is 1.87. The number of para-hydroxylation sites is 1. The van der Waals surface area contributed by atoms with Crippen molar-refractivity contribution in [1.82, 2.24) is 0 Å². The summed E-state index contributed by atoms with van der Waals surface area (Å²) in [6.45, 7) is -0.333. The van der Waals surface area contributed by atoms with E-state index in [0.717, 1.165) is 29.2 Å². The standard InChI is InChI=1S/C22H21NO5/c1-26-20-11-16-15-9-5-6-10-18(15)28-19(16)12-17(20)23-21(24)13-27-22(25)14-7-3-2-4-8-14/h2-3,5-6,9-12,14H,4,7-8,13H2,1H3,(H,23,24)/t14-/m1/s1. The first-order valence-electron chi connectivity index (χ1n) is 9.26. The fourth-order valence-electron chi connectivity index (χ4n) is 3.47. The van der Waals surface area contributed by atoms with Crippen molar-refractivity contribution in [2.45, 2.75) is 19.3 Å². The van der Waals surface area contributed by atoms with Gasteiger partial charge in [0.25, 0.3) is 5.91 Å². The minimum Gasteiger partial charge on any atom is -0.495 e. The van der Waals surface area contributed by atoms with Gasteiger partial charge in [0.05, 0.1) is 18.7 Å². The van der Waals surface area contributed by atoms with Gasteiger partial charge < -0.3 is 19.2 Å². The van der Waals surface area contributed by atoms with Crippen LogP contribution in [0, 0.1) is 5.92 Å². The molecule has 3 aromatic rings. The van der Waals surface area contributed by atoms with Crippen LogP contribution in [-0.4, -0.2) is 25.6 Å². The van der Waals surface area contributed by atoms with Crippen LogP contribution >= 0.6 is 0 Å². The number of anilines is 1. The number of rotatable bonds is 5. The van der Waals surface area contributed by atoms with Gasteiger partial charge in [-0.1, -0.05) is 30.4 Å². The Kier molecular flexibility index (Phi) is 5.02. The number of benzene rings is 2. The molecule has 0 bridgehead atoms. The van der Waals surface area contributed by atoms with Crippen molar-refractivity contribution in [1.29, 1.82) is 0 Å². The SMILES string of the molecule is COc1cc2c(cc1NC(=O)COC(=O)[C@@H]1CC=CCC1)oc1ccccc12. The minimum absolute atomic E-state index is 0.167. The summed E-state index contributed by atoms with van der Waals surface area (Å²) in [6, 6.07) is 11.3. The van der Waals surface area contributed by atoms with Crippen LogP contribution < -0.4 is 10.1 Å². The zero-order chi connectivity index (χ0) is 19.5. The highest BCUT2D eigenvalue weighted by Crippen LogP contribution is 2.36. The van der Waals surface area contributed by atoms with Crippen LogP contribution in [0.4, 0.5) is 5.69 Å². The number of ether oxygens (including phenoxy) is 2. The zero-order valence-corrected chi connectivity index (χ0v) is 15.6. The van der Waals surface area contributed by atoms with Crippen LogP contribution in [0.5, 0.6) is 5.75 Å². The number of fused-ring (bicyclic) bond motifs is 3. The second kappa shape index (κ2) is 7.76. The maximum absolute atomic E-state index is 12.3. The van der Waals surface area contributed by atoms with E-state index < -0.39 is 5.91 Å². The molecule has 4 rings (SSSR count). The molecule has 1 amide bonds. The summed E-state index contributed by atoms with van der Waals surface area (Å²) in [5.74, 6) is -0.414. The Bertz CT molecular complexity index is 1070. The number of hydrogen-bond acceptors (Lipinski definition) is 5. The molecular weight excluding hydrogens is 358 g/mol. The Morgan fingerprint density at radius 1 is 1.14 bits per heavy atom. The lowest BCUT2D eigenvalue weighted by Crippen LogP contribution is -2.25. The average molecular weight is 379 g/mol. The van der Waals surface area contributed by atoms with Gasteiger partial charge in [0.2, 0.25) is 0 Å². The third kappa shape index (κ3) is 3.58. The van der Waals surface area contributed by atoms with Gasteiger partial charge in [-0.3, -0.25) is 9.59 Å². The maximum atomic E-state index is 12.3. The summed E-state index contributed by atoms with van der Waals surface area (Å²) in [5, 5.41) is 4.62. The molecule has 0 saturated carbocycles. The van der Waals surface area contributed by atoms with E-state index >= 15 is 0 Å². The molecule has 0 saturated heterocycles. The van der Waals surface area contributed by atoms with E-state index in [1.807, 2.05) is 36.4 Å². The monoisotopic (exact) mass is 379 g/mol. The summed E-state index contributed by atoms with van der Waals surface area (Å²) in [6.07, 6.45) is 6.31. The van der Waals surface area contributed by atoms with E-state index in [1.54, 1.807) is 6.07 Å². The molecule has 0 radical (unpaired) electrons. The van der Waals surface area contributed by atoms with Crippen LogP contribution in [0.15, 0.2) is 53.0 Å². The molecule has 6 heteroatoms. The third-order valence-corrected chi connectivity index (χ3v) is 4.92. The van der Waals surface area contributed by atoms with E-state index in [0.29, 0.717) is 23.4 Å². The molecule has 1 aliphatic carbocycles. The summed E-state index contributed by atoms with van der Waals surface area (Å²) >= 11 is 0. The lowest BCUT2D eigenvalue weighted by atomic mass is 9.95. The fraction of sp³-hybridized carbons (Fsp3) is 0.273. The number of allylic oxidation sites excluding steroid dienone is 2. The Morgan fingerprint density at radius 3 is 2.79 bits per heavy atom. The molecule has 0 aliphatic heterocycles. The normalized spacial score (nSPS) is 16.2. The van der Waals surface area contributed by atoms with Crippen LogP contribution in [-0.2, 0) is 14.3 Å². The van der Waals surface area contributed by atoms with Crippen molar-refractivity contribution in [2.24, 2.45) is 5.92 Å². The molecular formula is C22H21NO5. The highest BCUT2D eigenvalue weighted by atomic mass is 16.5. The Hall–Kier alpha value is -3.28. The minimum atomic E-state index is -0.423. The summed E-state index contributed by atoms with van der Waals surface area (Å²) < 4.78 is 16.5. The maximum Gasteiger partial charge on any atom is 0.309 e. The second-order valence-electron chi connectivity index (χ2n) is 6.78. The Labute approximate surface area is 162 Å². The predicted molar refractivity (Wildman–Crippen MR) is 106 cm³/mol. The van der Waals surface area contributed by atoms with Crippen molar-refractivity contribution in [3.05, 3.63) is 48.6 Å². The number of carbonyl (C=O) groups is 2. The molecule has 1 atom stereocenters. The van der Waals surface area contributed by atoms with E-state index in [-0.39, 0.29) is 18.5 Å². The Balaban J connectivity index is 1.48. The molecule has 1 N–H and O–H groups in total. The van der Waals surface area contributed by atoms with Gasteiger partial charge in [-0.25, -0.2) is 0 Å². The number of carbonyl (C=O) groups excluding carboxylic acids is 2. The number of nitrogens with one attached hydrogen (secondary N) is 1. The van der Waals surface area contributed by atoms with E-state index in [9.17, 15) is 9.59 Å². The van der Waals surface area contributed by atoms with Gasteiger partial charge in [0, 0.05) is 16.8 Å². The summed E-state index contributed by atoms with van der Waals surface area (Å²) in [4.78, 5) is 24.4. The quantitative estimate of drug-likeness (QED) is 0.524. The van der Waals surface area contributed by atoms with Crippen LogP contribution in [0.2, 0.25) is 0 Å². The van der Waals surface area contributed by atoms with Crippen molar-refractivity contribution in [2.75, 3.05) is 19.0 Å². The molecule has 6 nitrogen and oxygen atoms in total. The zero-order valence-electron chi connectivity index (χ0n) is 15.6. The highest BCUT2D eigenvalue weighted by Gasteiger charge is 2.21. The van der Waals surface area contributed by atoms with Gasteiger partial charge in [-0.2, -0.15) is 0 Å². The smallest absolute Gasteiger partial charge is 0.309 e. The predicted octanol–water partition coefficient (Wildman–Crippen LogP) is 4.43. The molecule has 0 unspecified atom stereocenters. The van der Waals surface area contributed by atoms with E-state index in [4.69, 9.17) is 13.9 Å². The van der Waals surface area contributed by atoms with E-state index in [2.05, 4.69) is 11.4 Å². The lowest BCUT2D eigenvalue weighted by Gasteiger charge is -2.16. The number of hydrogen-bond donors (Lipinski definition) is 1. The van der Waals surface area contributed by atoms with E-state index in [1.165, 1.54) is 7.11 Å². The first-order chi connectivity index (χ1) is 13.7. The molecule has 1 aromatic heterocycles. The largest absolute Gasteiger partial charge is 0.495 e. The van der Waals surface area contributed by atoms with Crippen LogP contribution in [0.1, 0.15) is 19.3 Å². The van der Waals surface area contributed by atoms with Crippen molar-refractivity contribution >= 4 is 39.5 Å². The summed E-state index contributed by atoms with van der Waals surface area (Å²) in [7, 11) is 1.54. The van der Waals surface area contributed by atoms with Crippen molar-refractivity contribution in [3.63, 3.8) is 0 Å². The van der Waals surface area contributed by atoms with Gasteiger partial charge >= 0.3 is 5.97 Å². The van der Waals surface area contributed by atoms with Crippen LogP contribution in [0.25, 0.3) is 21.9 Å². The lowest BCUT2D eigenvalue weighted by molar-refractivity contribution is -0.151. The molecule has 144 valence electrons. The van der Waals surface area contributed by atoms with Crippen molar-refractivity contribution in [3.8, 4) is 5.75 Å². The molecule has 1 aliphatic rings. The molecule has 28 heavy (non-hydrogen) atoms. The Morgan fingerprint density at radius 2 is 2.00 bits per heavy atom. The number of methoxy groups -OCH3 is 1. The van der Waals surface area contributed by atoms with Gasteiger partial charge in [0.1, 0.15) is 16.9 Å². The van der Waals surface area contributed by atoms with Crippen molar-refractivity contribution < 1.29 is 23.5 Å². The first kappa shape index (κ1) is 18.1. The molecule has 1 heterocycles. The van der Waals surface area contributed by atoms with Gasteiger partial charge in [0.15, 0.2) is 6.61 Å². The third-order valence-electron chi connectivity index (χ3n) is 4.92. The first-order valence-corrected chi connectivity index (χ1v) is 9.26. The molecule has 0 fully saturated rings. The molecule has 2 aromatic carbocycles. The topological polar surface area (TPSA) is 77.8 Å². The second-order valence-corrected chi connectivity index (χ2v) is 6.78. The van der Waals surface area contributed by atoms with Crippen LogP contribution in [0.3, 0.4) is 0 Å². The number of amides is 1. The molecule has 0 spiro atoms. The fourth-order valence-corrected chi connectivity index (χ4v) is 3.47. The van der Waals surface area contributed by atoms with Gasteiger partial charge in [-0.15, -0.1) is 0 Å². The number of esters is 1. The number of furan rings is 1. The highest BCUT2D eigenvalue weighted by molar-refractivity contribution is 6.07.